The van der Waals surface area contributed by atoms with Gasteiger partial charge >= 0.3 is 0 Å². The highest BCUT2D eigenvalue weighted by atomic mass is 16.2. The zero-order valence-electron chi connectivity index (χ0n) is 17.1. The first-order chi connectivity index (χ1) is 15.1. The third-order valence-electron chi connectivity index (χ3n) is 5.77. The Labute approximate surface area is 179 Å². The van der Waals surface area contributed by atoms with Gasteiger partial charge in [0.25, 0.3) is 5.91 Å². The predicted molar refractivity (Wildman–Crippen MR) is 122 cm³/mol. The molecule has 0 aliphatic carbocycles. The standard InChI is InChI=1S/C25H22N4O2/c1-16(26-24(30)23-21-10-4-5-12-22(21)27-28-23)25(31)29-14-13-18(15-29)20-11-6-8-17-7-2-3-9-19(17)20/h2-13,16H,14-15H2,1H3,(H,26,30)(H,27,28). The van der Waals surface area contributed by atoms with E-state index in [2.05, 4.69) is 45.9 Å². The summed E-state index contributed by atoms with van der Waals surface area (Å²) in [4.78, 5) is 27.5. The summed E-state index contributed by atoms with van der Waals surface area (Å²) in [6, 6.07) is 21.3. The van der Waals surface area contributed by atoms with Gasteiger partial charge in [-0.25, -0.2) is 0 Å². The van der Waals surface area contributed by atoms with Gasteiger partial charge in [0, 0.05) is 18.5 Å². The van der Waals surface area contributed by atoms with Gasteiger partial charge in [-0.3, -0.25) is 14.7 Å². The van der Waals surface area contributed by atoms with E-state index in [-0.39, 0.29) is 11.8 Å². The number of fused-ring (bicyclic) bond motifs is 2. The Morgan fingerprint density at radius 1 is 1.00 bits per heavy atom. The molecule has 0 saturated carbocycles. The van der Waals surface area contributed by atoms with Crippen molar-refractivity contribution in [2.24, 2.45) is 0 Å². The van der Waals surface area contributed by atoms with Crippen LogP contribution >= 0.6 is 0 Å². The van der Waals surface area contributed by atoms with Crippen LogP contribution in [0.15, 0.2) is 72.8 Å². The van der Waals surface area contributed by atoms with E-state index in [0.717, 1.165) is 22.0 Å². The van der Waals surface area contributed by atoms with E-state index in [4.69, 9.17) is 0 Å². The Hall–Kier alpha value is -3.93. The molecule has 3 aromatic carbocycles. The van der Waals surface area contributed by atoms with Crippen molar-refractivity contribution in [3.63, 3.8) is 0 Å². The van der Waals surface area contributed by atoms with Crippen LogP contribution in [-0.4, -0.2) is 46.0 Å². The lowest BCUT2D eigenvalue weighted by atomic mass is 9.99. The lowest BCUT2D eigenvalue weighted by molar-refractivity contribution is -0.131. The van der Waals surface area contributed by atoms with Gasteiger partial charge in [0.05, 0.1) is 5.52 Å². The number of hydrogen-bond donors (Lipinski definition) is 2. The maximum absolute atomic E-state index is 13.0. The SMILES string of the molecule is CC(NC(=O)c1n[nH]c2ccccc12)C(=O)N1CC=C(c2cccc3ccccc23)C1. The Bertz CT molecular complexity index is 1330. The predicted octanol–water partition coefficient (Wildman–Crippen LogP) is 3.76. The van der Waals surface area contributed by atoms with Crippen molar-refractivity contribution < 1.29 is 9.59 Å². The van der Waals surface area contributed by atoms with Crippen molar-refractivity contribution in [1.29, 1.82) is 0 Å². The average Bonchev–Trinajstić information content (AvgIpc) is 3.45. The molecule has 1 aromatic heterocycles. The van der Waals surface area contributed by atoms with Gasteiger partial charge in [-0.2, -0.15) is 5.10 Å². The number of H-pyrrole nitrogens is 1. The molecule has 0 saturated heterocycles. The van der Waals surface area contributed by atoms with Crippen LogP contribution in [0.3, 0.4) is 0 Å². The van der Waals surface area contributed by atoms with Crippen LogP contribution in [0.4, 0.5) is 0 Å². The van der Waals surface area contributed by atoms with E-state index in [1.165, 1.54) is 10.8 Å². The molecule has 5 rings (SSSR count). The van der Waals surface area contributed by atoms with Gasteiger partial charge in [-0.1, -0.05) is 66.7 Å². The number of benzene rings is 3. The highest BCUT2D eigenvalue weighted by Gasteiger charge is 2.27. The van der Waals surface area contributed by atoms with Crippen LogP contribution < -0.4 is 5.32 Å². The van der Waals surface area contributed by atoms with Crippen LogP contribution in [0, 0.1) is 0 Å². The second kappa shape index (κ2) is 7.72. The molecular weight excluding hydrogens is 388 g/mol. The fraction of sp³-hybridized carbons (Fsp3) is 0.160. The molecule has 31 heavy (non-hydrogen) atoms. The van der Waals surface area contributed by atoms with Gasteiger partial charge in [-0.05, 0) is 34.9 Å². The molecule has 1 aliphatic rings. The van der Waals surface area contributed by atoms with Crippen molar-refractivity contribution in [3.05, 3.63) is 84.1 Å². The van der Waals surface area contributed by atoms with Crippen LogP contribution in [0.5, 0.6) is 0 Å². The Morgan fingerprint density at radius 3 is 2.61 bits per heavy atom. The van der Waals surface area contributed by atoms with Crippen LogP contribution in [0.2, 0.25) is 0 Å². The molecule has 2 N–H and O–H groups in total. The normalized spacial score (nSPS) is 14.6. The first kappa shape index (κ1) is 19.1. The second-order valence-electron chi connectivity index (χ2n) is 7.79. The van der Waals surface area contributed by atoms with E-state index < -0.39 is 6.04 Å². The van der Waals surface area contributed by atoms with Crippen molar-refractivity contribution in [3.8, 4) is 0 Å². The maximum atomic E-state index is 13.0. The Kier molecular flexibility index (Phi) is 4.75. The molecule has 0 spiro atoms. The van der Waals surface area contributed by atoms with Crippen LogP contribution in [0.1, 0.15) is 23.0 Å². The van der Waals surface area contributed by atoms with Crippen molar-refractivity contribution in [1.82, 2.24) is 20.4 Å². The molecule has 154 valence electrons. The number of nitrogens with zero attached hydrogens (tertiary/aromatic N) is 2. The number of hydrogen-bond acceptors (Lipinski definition) is 3. The van der Waals surface area contributed by atoms with E-state index in [9.17, 15) is 9.59 Å². The monoisotopic (exact) mass is 410 g/mol. The number of carbonyl (C=O) groups is 2. The number of nitrogens with one attached hydrogen (secondary N) is 2. The first-order valence-electron chi connectivity index (χ1n) is 10.3. The minimum atomic E-state index is -0.650. The van der Waals surface area contributed by atoms with Gasteiger partial charge < -0.3 is 10.2 Å². The molecule has 1 unspecified atom stereocenters. The van der Waals surface area contributed by atoms with Crippen molar-refractivity contribution in [2.45, 2.75) is 13.0 Å². The highest BCUT2D eigenvalue weighted by Crippen LogP contribution is 2.28. The summed E-state index contributed by atoms with van der Waals surface area (Å²) in [5, 5.41) is 12.9. The molecule has 6 heteroatoms. The molecule has 0 fully saturated rings. The smallest absolute Gasteiger partial charge is 0.273 e. The van der Waals surface area contributed by atoms with E-state index in [0.29, 0.717) is 18.8 Å². The molecular formula is C25H22N4O2. The third-order valence-corrected chi connectivity index (χ3v) is 5.77. The summed E-state index contributed by atoms with van der Waals surface area (Å²) in [5.41, 5.74) is 3.36. The largest absolute Gasteiger partial charge is 0.339 e. The molecule has 2 heterocycles. The minimum Gasteiger partial charge on any atom is -0.339 e. The topological polar surface area (TPSA) is 78.1 Å². The second-order valence-corrected chi connectivity index (χ2v) is 7.79. The summed E-state index contributed by atoms with van der Waals surface area (Å²) in [6.07, 6.45) is 2.09. The number of aromatic nitrogens is 2. The molecule has 6 nitrogen and oxygen atoms in total. The summed E-state index contributed by atoms with van der Waals surface area (Å²) >= 11 is 0. The lowest BCUT2D eigenvalue weighted by Crippen LogP contribution is -2.46. The zero-order valence-corrected chi connectivity index (χ0v) is 17.1. The molecule has 1 aliphatic heterocycles. The molecule has 0 radical (unpaired) electrons. The van der Waals surface area contributed by atoms with Crippen molar-refractivity contribution >= 4 is 39.1 Å². The molecule has 2 amide bonds. The fourth-order valence-electron chi connectivity index (χ4n) is 4.16. The highest BCUT2D eigenvalue weighted by molar-refractivity contribution is 6.06. The van der Waals surface area contributed by atoms with Gasteiger partial charge in [0.15, 0.2) is 5.69 Å². The third kappa shape index (κ3) is 3.46. The summed E-state index contributed by atoms with van der Waals surface area (Å²) in [5.74, 6) is -0.473. The quantitative estimate of drug-likeness (QED) is 0.538. The number of amides is 2. The number of carbonyl (C=O) groups excluding carboxylic acids is 2. The van der Waals surface area contributed by atoms with Gasteiger partial charge in [-0.15, -0.1) is 0 Å². The lowest BCUT2D eigenvalue weighted by Gasteiger charge is -2.22. The average molecular weight is 410 g/mol. The number of aromatic amines is 1. The molecule has 0 bridgehead atoms. The maximum Gasteiger partial charge on any atom is 0.273 e. The van der Waals surface area contributed by atoms with Crippen molar-refractivity contribution in [2.75, 3.05) is 13.1 Å². The van der Waals surface area contributed by atoms with E-state index in [1.807, 2.05) is 42.5 Å². The summed E-state index contributed by atoms with van der Waals surface area (Å²) in [7, 11) is 0. The summed E-state index contributed by atoms with van der Waals surface area (Å²) in [6.45, 7) is 2.77. The fourth-order valence-corrected chi connectivity index (χ4v) is 4.16. The molecule has 1 atom stereocenters. The van der Waals surface area contributed by atoms with Gasteiger partial charge in [0.2, 0.25) is 5.91 Å². The van der Waals surface area contributed by atoms with E-state index >= 15 is 0 Å². The Balaban J connectivity index is 1.28. The number of rotatable bonds is 4. The zero-order chi connectivity index (χ0) is 21.4. The summed E-state index contributed by atoms with van der Waals surface area (Å²) < 4.78 is 0. The minimum absolute atomic E-state index is 0.111. The van der Waals surface area contributed by atoms with Crippen LogP contribution in [0.25, 0.3) is 27.2 Å². The first-order valence-corrected chi connectivity index (χ1v) is 10.3. The van der Waals surface area contributed by atoms with E-state index in [1.54, 1.807) is 11.8 Å². The Morgan fingerprint density at radius 2 is 1.74 bits per heavy atom. The van der Waals surface area contributed by atoms with Crippen LogP contribution in [-0.2, 0) is 4.79 Å². The number of para-hydroxylation sites is 1. The van der Waals surface area contributed by atoms with Gasteiger partial charge in [0.1, 0.15) is 6.04 Å². The molecule has 4 aromatic rings.